The van der Waals surface area contributed by atoms with Gasteiger partial charge >= 0.3 is 0 Å². The molecule has 11 heteroatoms. The average Bonchev–Trinajstić information content (AvgIpc) is 3.20. The highest BCUT2D eigenvalue weighted by atomic mass is 32.2. The van der Waals surface area contributed by atoms with Crippen LogP contribution in [0.5, 0.6) is 0 Å². The standard InChI is InChI=1S/C17H17FN4O4S2/c1-4-19-28(24,25)11-5-6-14(18)13(8-11)15(23)20-17-22-21-16(27-17)12-7-9(2)26-10(12)3/h5-8,19H,4H2,1-3H3,(H,20,22,23). The van der Waals surface area contributed by atoms with E-state index in [1.54, 1.807) is 26.8 Å². The number of anilines is 1. The van der Waals surface area contributed by atoms with Gasteiger partial charge in [-0.15, -0.1) is 10.2 Å². The molecule has 0 fully saturated rings. The Morgan fingerprint density at radius 3 is 2.64 bits per heavy atom. The molecule has 0 saturated carbocycles. The maximum absolute atomic E-state index is 14.1. The van der Waals surface area contributed by atoms with Gasteiger partial charge in [0.25, 0.3) is 5.91 Å². The molecule has 2 N–H and O–H groups in total. The predicted molar refractivity (Wildman–Crippen MR) is 102 cm³/mol. The van der Waals surface area contributed by atoms with Gasteiger partial charge in [0.1, 0.15) is 17.3 Å². The van der Waals surface area contributed by atoms with Crippen LogP contribution in [-0.2, 0) is 10.0 Å². The molecule has 8 nitrogen and oxygen atoms in total. The number of amides is 1. The van der Waals surface area contributed by atoms with E-state index in [0.29, 0.717) is 16.5 Å². The van der Waals surface area contributed by atoms with Gasteiger partial charge in [0, 0.05) is 6.54 Å². The van der Waals surface area contributed by atoms with Crippen LogP contribution in [0.4, 0.5) is 9.52 Å². The number of aromatic nitrogens is 2. The van der Waals surface area contributed by atoms with Crippen LogP contribution in [0.15, 0.2) is 33.6 Å². The maximum Gasteiger partial charge on any atom is 0.260 e. The van der Waals surface area contributed by atoms with E-state index < -0.39 is 27.3 Å². The van der Waals surface area contributed by atoms with E-state index in [1.807, 2.05) is 0 Å². The van der Waals surface area contributed by atoms with Crippen LogP contribution in [0.3, 0.4) is 0 Å². The summed E-state index contributed by atoms with van der Waals surface area (Å²) in [6.45, 7) is 5.37. The Morgan fingerprint density at radius 1 is 1.25 bits per heavy atom. The average molecular weight is 424 g/mol. The van der Waals surface area contributed by atoms with Gasteiger partial charge in [-0.25, -0.2) is 17.5 Å². The number of halogens is 1. The van der Waals surface area contributed by atoms with Crippen molar-refractivity contribution in [3.8, 4) is 10.6 Å². The summed E-state index contributed by atoms with van der Waals surface area (Å²) in [6, 6.07) is 4.81. The van der Waals surface area contributed by atoms with Crippen molar-refractivity contribution in [3.63, 3.8) is 0 Å². The van der Waals surface area contributed by atoms with E-state index in [0.717, 1.165) is 35.1 Å². The van der Waals surface area contributed by atoms with Gasteiger partial charge in [-0.2, -0.15) is 0 Å². The fourth-order valence-electron chi connectivity index (χ4n) is 2.51. The zero-order valence-corrected chi connectivity index (χ0v) is 16.9. The zero-order valence-electron chi connectivity index (χ0n) is 15.2. The number of hydrogen-bond acceptors (Lipinski definition) is 7. The second-order valence-electron chi connectivity index (χ2n) is 5.84. The molecule has 3 aromatic rings. The summed E-state index contributed by atoms with van der Waals surface area (Å²) < 4.78 is 46.0. The fourth-order valence-corrected chi connectivity index (χ4v) is 4.38. The summed E-state index contributed by atoms with van der Waals surface area (Å²) in [6.07, 6.45) is 0. The van der Waals surface area contributed by atoms with Crippen LogP contribution >= 0.6 is 11.3 Å². The Kier molecular flexibility index (Phi) is 5.59. The van der Waals surface area contributed by atoms with Gasteiger partial charge in [-0.3, -0.25) is 10.1 Å². The van der Waals surface area contributed by atoms with Gasteiger partial charge in [-0.05, 0) is 38.1 Å². The molecule has 1 amide bonds. The van der Waals surface area contributed by atoms with Crippen molar-refractivity contribution in [1.29, 1.82) is 0 Å². The minimum Gasteiger partial charge on any atom is -0.466 e. The third-order valence-electron chi connectivity index (χ3n) is 3.74. The van der Waals surface area contributed by atoms with Gasteiger partial charge in [0.05, 0.1) is 16.0 Å². The minimum absolute atomic E-state index is 0.151. The number of benzene rings is 1. The van der Waals surface area contributed by atoms with Crippen molar-refractivity contribution in [2.45, 2.75) is 25.7 Å². The number of furan rings is 1. The lowest BCUT2D eigenvalue weighted by Crippen LogP contribution is -2.24. The number of carbonyl (C=O) groups excluding carboxylic acids is 1. The molecular formula is C17H17FN4O4S2. The Hall–Kier alpha value is -2.63. The summed E-state index contributed by atoms with van der Waals surface area (Å²) in [7, 11) is -3.82. The normalized spacial score (nSPS) is 11.6. The first kappa shape index (κ1) is 20.1. The highest BCUT2D eigenvalue weighted by Gasteiger charge is 2.20. The first-order valence-corrected chi connectivity index (χ1v) is 10.5. The fraction of sp³-hybridized carbons (Fsp3) is 0.235. The lowest BCUT2D eigenvalue weighted by molar-refractivity contribution is 0.102. The topological polar surface area (TPSA) is 114 Å². The van der Waals surface area contributed by atoms with Crippen LogP contribution in [0.2, 0.25) is 0 Å². The van der Waals surface area contributed by atoms with Crippen LogP contribution in [0, 0.1) is 19.7 Å². The van der Waals surface area contributed by atoms with Gasteiger partial charge < -0.3 is 4.42 Å². The molecule has 3 rings (SSSR count). The number of nitrogens with one attached hydrogen (secondary N) is 2. The molecule has 0 aliphatic carbocycles. The molecule has 0 bridgehead atoms. The first-order chi connectivity index (χ1) is 13.2. The monoisotopic (exact) mass is 424 g/mol. The lowest BCUT2D eigenvalue weighted by Gasteiger charge is -2.07. The first-order valence-electron chi connectivity index (χ1n) is 8.22. The van der Waals surface area contributed by atoms with Crippen molar-refractivity contribution >= 4 is 32.4 Å². The van der Waals surface area contributed by atoms with Crippen molar-refractivity contribution in [2.24, 2.45) is 0 Å². The molecule has 0 saturated heterocycles. The van der Waals surface area contributed by atoms with E-state index in [9.17, 15) is 17.6 Å². The van der Waals surface area contributed by atoms with E-state index in [2.05, 4.69) is 20.2 Å². The van der Waals surface area contributed by atoms with Crippen molar-refractivity contribution in [2.75, 3.05) is 11.9 Å². The van der Waals surface area contributed by atoms with Crippen molar-refractivity contribution in [1.82, 2.24) is 14.9 Å². The van der Waals surface area contributed by atoms with Crippen LogP contribution in [0.1, 0.15) is 28.8 Å². The second-order valence-corrected chi connectivity index (χ2v) is 8.58. The van der Waals surface area contributed by atoms with E-state index in [1.165, 1.54) is 0 Å². The molecule has 0 aliphatic rings. The highest BCUT2D eigenvalue weighted by Crippen LogP contribution is 2.31. The van der Waals surface area contributed by atoms with Crippen LogP contribution in [0.25, 0.3) is 10.6 Å². The molecule has 28 heavy (non-hydrogen) atoms. The summed E-state index contributed by atoms with van der Waals surface area (Å²) in [5, 5.41) is 11.0. The van der Waals surface area contributed by atoms with E-state index in [4.69, 9.17) is 4.42 Å². The summed E-state index contributed by atoms with van der Waals surface area (Å²) in [5.41, 5.74) is 0.339. The molecule has 0 atom stereocenters. The Labute approximate surface area is 164 Å². The predicted octanol–water partition coefficient (Wildman–Crippen LogP) is 3.10. The molecule has 1 aromatic carbocycles. The zero-order chi connectivity index (χ0) is 20.5. The summed E-state index contributed by atoms with van der Waals surface area (Å²) in [5.74, 6) is -0.291. The summed E-state index contributed by atoms with van der Waals surface area (Å²) >= 11 is 1.09. The smallest absolute Gasteiger partial charge is 0.260 e. The van der Waals surface area contributed by atoms with Crippen LogP contribution < -0.4 is 10.0 Å². The highest BCUT2D eigenvalue weighted by molar-refractivity contribution is 7.89. The van der Waals surface area contributed by atoms with Crippen molar-refractivity contribution < 1.29 is 22.0 Å². The summed E-state index contributed by atoms with van der Waals surface area (Å²) in [4.78, 5) is 12.2. The number of sulfonamides is 1. The number of carbonyl (C=O) groups is 1. The largest absolute Gasteiger partial charge is 0.466 e. The van der Waals surface area contributed by atoms with Gasteiger partial charge in [-0.1, -0.05) is 18.3 Å². The quantitative estimate of drug-likeness (QED) is 0.628. The number of nitrogens with zero attached hydrogens (tertiary/aromatic N) is 2. The molecule has 2 heterocycles. The van der Waals surface area contributed by atoms with Gasteiger partial charge in [0.15, 0.2) is 5.01 Å². The van der Waals surface area contributed by atoms with Crippen molar-refractivity contribution in [3.05, 3.63) is 47.2 Å². The molecule has 0 aliphatic heterocycles. The van der Waals surface area contributed by atoms with E-state index >= 15 is 0 Å². The molecular weight excluding hydrogens is 407 g/mol. The second kappa shape index (κ2) is 7.78. The Bertz CT molecular complexity index is 1140. The molecule has 0 unspecified atom stereocenters. The molecule has 148 valence electrons. The number of hydrogen-bond donors (Lipinski definition) is 2. The molecule has 0 radical (unpaired) electrons. The van der Waals surface area contributed by atoms with Crippen LogP contribution in [-0.4, -0.2) is 31.1 Å². The number of aryl methyl sites for hydroxylation is 2. The Balaban J connectivity index is 1.85. The number of rotatable bonds is 6. The third kappa shape index (κ3) is 4.11. The van der Waals surface area contributed by atoms with Gasteiger partial charge in [0.2, 0.25) is 15.2 Å². The molecule has 2 aromatic heterocycles. The van der Waals surface area contributed by atoms with E-state index in [-0.39, 0.29) is 16.6 Å². The SMILES string of the molecule is CCNS(=O)(=O)c1ccc(F)c(C(=O)Nc2nnc(-c3cc(C)oc3C)s2)c1. The Morgan fingerprint density at radius 2 is 2.00 bits per heavy atom. The molecule has 0 spiro atoms. The maximum atomic E-state index is 14.1. The lowest BCUT2D eigenvalue weighted by atomic mass is 10.2. The minimum atomic E-state index is -3.82. The third-order valence-corrected chi connectivity index (χ3v) is 6.16.